The standard InChI is InChI=1S/C16H11F5O3/c1-24-12-8-3-2-5-9(12)15(19,14(22)23)16(20,21)10-6-4-7-11(17)13(10)18/h2-8H,1H3,(H,22,23). The summed E-state index contributed by atoms with van der Waals surface area (Å²) in [6.45, 7) is 0. The number of rotatable bonds is 5. The summed E-state index contributed by atoms with van der Waals surface area (Å²) in [4.78, 5) is 11.4. The molecule has 1 atom stereocenters. The monoisotopic (exact) mass is 346 g/mol. The molecular weight excluding hydrogens is 335 g/mol. The van der Waals surface area contributed by atoms with Crippen LogP contribution in [0.2, 0.25) is 0 Å². The van der Waals surface area contributed by atoms with Crippen molar-refractivity contribution in [2.45, 2.75) is 11.6 Å². The lowest BCUT2D eigenvalue weighted by Crippen LogP contribution is -2.47. The Hall–Kier alpha value is -2.64. The Balaban J connectivity index is 2.78. The van der Waals surface area contributed by atoms with Gasteiger partial charge in [-0.05, 0) is 18.2 Å². The van der Waals surface area contributed by atoms with Crippen LogP contribution in [-0.2, 0) is 16.4 Å². The Morgan fingerprint density at radius 2 is 1.58 bits per heavy atom. The number of methoxy groups -OCH3 is 1. The summed E-state index contributed by atoms with van der Waals surface area (Å²) in [5.41, 5.74) is -7.11. The molecule has 1 unspecified atom stereocenters. The maximum absolute atomic E-state index is 15.2. The summed E-state index contributed by atoms with van der Waals surface area (Å²) in [6.07, 6.45) is 0. The van der Waals surface area contributed by atoms with Crippen LogP contribution in [0.4, 0.5) is 22.0 Å². The summed E-state index contributed by atoms with van der Waals surface area (Å²) >= 11 is 0. The molecule has 0 fully saturated rings. The predicted molar refractivity (Wildman–Crippen MR) is 73.7 cm³/mol. The number of carbonyl (C=O) groups is 1. The third-order valence-corrected chi connectivity index (χ3v) is 3.50. The summed E-state index contributed by atoms with van der Waals surface area (Å²) in [7, 11) is 1.03. The lowest BCUT2D eigenvalue weighted by atomic mass is 9.84. The molecule has 2 aromatic rings. The molecule has 2 aromatic carbocycles. The molecule has 8 heteroatoms. The fraction of sp³-hybridized carbons (Fsp3) is 0.188. The molecule has 0 heterocycles. The largest absolute Gasteiger partial charge is 0.496 e. The highest BCUT2D eigenvalue weighted by molar-refractivity contribution is 5.82. The van der Waals surface area contributed by atoms with Crippen LogP contribution in [0.15, 0.2) is 42.5 Å². The average molecular weight is 346 g/mol. The van der Waals surface area contributed by atoms with Crippen LogP contribution in [-0.4, -0.2) is 18.2 Å². The lowest BCUT2D eigenvalue weighted by Gasteiger charge is -2.31. The fourth-order valence-electron chi connectivity index (χ4n) is 2.28. The first-order valence-corrected chi connectivity index (χ1v) is 6.56. The van der Waals surface area contributed by atoms with Crippen molar-refractivity contribution >= 4 is 5.97 Å². The number of para-hydroxylation sites is 1. The first-order chi connectivity index (χ1) is 11.2. The van der Waals surface area contributed by atoms with E-state index in [0.717, 1.165) is 31.4 Å². The van der Waals surface area contributed by atoms with E-state index >= 15 is 4.39 Å². The molecule has 0 spiro atoms. The SMILES string of the molecule is COc1ccccc1C(F)(C(=O)O)C(F)(F)c1cccc(F)c1F. The molecule has 0 aromatic heterocycles. The molecule has 1 N–H and O–H groups in total. The van der Waals surface area contributed by atoms with E-state index in [1.54, 1.807) is 0 Å². The molecule has 3 nitrogen and oxygen atoms in total. The van der Waals surface area contributed by atoms with Gasteiger partial charge in [0.2, 0.25) is 0 Å². The fourth-order valence-corrected chi connectivity index (χ4v) is 2.28. The van der Waals surface area contributed by atoms with Gasteiger partial charge in [0, 0.05) is 5.56 Å². The molecule has 0 aliphatic carbocycles. The number of carboxylic acid groups (broad SMARTS) is 1. The summed E-state index contributed by atoms with van der Waals surface area (Å²) in [6, 6.07) is 5.98. The lowest BCUT2D eigenvalue weighted by molar-refractivity contribution is -0.192. The molecular formula is C16H11F5O3. The highest BCUT2D eigenvalue weighted by Crippen LogP contribution is 2.51. The van der Waals surface area contributed by atoms with E-state index < -0.39 is 46.1 Å². The third-order valence-electron chi connectivity index (χ3n) is 3.50. The van der Waals surface area contributed by atoms with Gasteiger partial charge in [-0.1, -0.05) is 24.3 Å². The molecule has 128 valence electrons. The van der Waals surface area contributed by atoms with Crippen molar-refractivity contribution in [3.8, 4) is 5.75 Å². The Kier molecular flexibility index (Phi) is 4.50. The van der Waals surface area contributed by atoms with Crippen LogP contribution in [0.1, 0.15) is 11.1 Å². The maximum atomic E-state index is 15.2. The van der Waals surface area contributed by atoms with Gasteiger partial charge in [0.05, 0.1) is 12.7 Å². The molecule has 0 saturated heterocycles. The first-order valence-electron chi connectivity index (χ1n) is 6.56. The zero-order chi connectivity index (χ0) is 18.1. The van der Waals surface area contributed by atoms with E-state index in [-0.39, 0.29) is 0 Å². The van der Waals surface area contributed by atoms with Gasteiger partial charge < -0.3 is 9.84 Å². The number of halogens is 5. The molecule has 2 rings (SSSR count). The second-order valence-corrected chi connectivity index (χ2v) is 4.84. The number of alkyl halides is 3. The van der Waals surface area contributed by atoms with E-state index in [1.807, 2.05) is 0 Å². The number of carboxylic acids is 1. The van der Waals surface area contributed by atoms with Gasteiger partial charge in [-0.3, -0.25) is 0 Å². The minimum absolute atomic E-state index is 0.422. The molecule has 0 saturated carbocycles. The van der Waals surface area contributed by atoms with Crippen LogP contribution < -0.4 is 4.74 Å². The van der Waals surface area contributed by atoms with Gasteiger partial charge in [-0.15, -0.1) is 0 Å². The summed E-state index contributed by atoms with van der Waals surface area (Å²) < 4.78 is 76.2. The van der Waals surface area contributed by atoms with Gasteiger partial charge >= 0.3 is 17.6 Å². The highest BCUT2D eigenvalue weighted by Gasteiger charge is 2.65. The van der Waals surface area contributed by atoms with Crippen molar-refractivity contribution in [1.29, 1.82) is 0 Å². The third kappa shape index (κ3) is 2.47. The van der Waals surface area contributed by atoms with Gasteiger partial charge in [-0.25, -0.2) is 18.0 Å². The number of hydrogen-bond donors (Lipinski definition) is 1. The Bertz CT molecular complexity index is 778. The Labute approximate surface area is 133 Å². The van der Waals surface area contributed by atoms with E-state index in [2.05, 4.69) is 0 Å². The normalized spacial score (nSPS) is 14.1. The van der Waals surface area contributed by atoms with Crippen molar-refractivity contribution in [2.75, 3.05) is 7.11 Å². The zero-order valence-corrected chi connectivity index (χ0v) is 12.2. The van der Waals surface area contributed by atoms with Gasteiger partial charge in [0.15, 0.2) is 11.6 Å². The van der Waals surface area contributed by atoms with Crippen molar-refractivity contribution in [2.24, 2.45) is 0 Å². The highest BCUT2D eigenvalue weighted by atomic mass is 19.3. The van der Waals surface area contributed by atoms with Crippen molar-refractivity contribution in [3.05, 3.63) is 65.2 Å². The van der Waals surface area contributed by atoms with Crippen LogP contribution in [0.25, 0.3) is 0 Å². The van der Waals surface area contributed by atoms with Crippen molar-refractivity contribution < 1.29 is 36.6 Å². The molecule has 0 bridgehead atoms. The molecule has 0 aliphatic heterocycles. The Morgan fingerprint density at radius 3 is 2.17 bits per heavy atom. The van der Waals surface area contributed by atoms with Crippen molar-refractivity contribution in [3.63, 3.8) is 0 Å². The van der Waals surface area contributed by atoms with Gasteiger partial charge in [-0.2, -0.15) is 8.78 Å². The van der Waals surface area contributed by atoms with Crippen molar-refractivity contribution in [1.82, 2.24) is 0 Å². The van der Waals surface area contributed by atoms with E-state index in [1.165, 1.54) is 6.07 Å². The summed E-state index contributed by atoms with van der Waals surface area (Å²) in [5, 5.41) is 9.14. The molecule has 0 radical (unpaired) electrons. The molecule has 0 amide bonds. The average Bonchev–Trinajstić information content (AvgIpc) is 2.55. The zero-order valence-electron chi connectivity index (χ0n) is 12.2. The Morgan fingerprint density at radius 1 is 1.00 bits per heavy atom. The maximum Gasteiger partial charge on any atom is 0.353 e. The quantitative estimate of drug-likeness (QED) is 0.832. The topological polar surface area (TPSA) is 46.5 Å². The number of ether oxygens (including phenoxy) is 1. The minimum Gasteiger partial charge on any atom is -0.496 e. The van der Waals surface area contributed by atoms with E-state index in [4.69, 9.17) is 9.84 Å². The van der Waals surface area contributed by atoms with E-state index in [9.17, 15) is 22.4 Å². The minimum atomic E-state index is -4.92. The predicted octanol–water partition coefficient (Wildman–Crippen LogP) is 4.01. The number of hydrogen-bond acceptors (Lipinski definition) is 2. The number of aliphatic carboxylic acids is 1. The van der Waals surface area contributed by atoms with Crippen LogP contribution in [0.5, 0.6) is 5.75 Å². The van der Waals surface area contributed by atoms with Gasteiger partial charge in [0.1, 0.15) is 5.75 Å². The second-order valence-electron chi connectivity index (χ2n) is 4.84. The van der Waals surface area contributed by atoms with Gasteiger partial charge in [0.25, 0.3) is 0 Å². The van der Waals surface area contributed by atoms with Crippen LogP contribution in [0, 0.1) is 11.6 Å². The van der Waals surface area contributed by atoms with Crippen LogP contribution >= 0.6 is 0 Å². The number of benzene rings is 2. The second kappa shape index (κ2) is 6.10. The molecule has 0 aliphatic rings. The summed E-state index contributed by atoms with van der Waals surface area (Å²) in [5.74, 6) is -11.6. The van der Waals surface area contributed by atoms with Crippen LogP contribution in [0.3, 0.4) is 0 Å². The first kappa shape index (κ1) is 17.7. The molecule has 24 heavy (non-hydrogen) atoms. The van der Waals surface area contributed by atoms with E-state index in [0.29, 0.717) is 12.1 Å². The smallest absolute Gasteiger partial charge is 0.353 e.